The van der Waals surface area contributed by atoms with Gasteiger partial charge < -0.3 is 33.5 Å². The number of rotatable bonds is 16. The molecule has 2 aliphatic rings. The minimum absolute atomic E-state index is 0.0213. The zero-order valence-corrected chi connectivity index (χ0v) is 22.3. The van der Waals surface area contributed by atoms with Crippen molar-refractivity contribution in [1.29, 1.82) is 0 Å². The maximum Gasteiger partial charge on any atom is 0.330 e. The Morgan fingerprint density at radius 2 is 1.32 bits per heavy atom. The zero-order chi connectivity index (χ0) is 27.7. The lowest BCUT2D eigenvalue weighted by atomic mass is 9.96. The lowest BCUT2D eigenvalue weighted by molar-refractivity contribution is -0.141. The van der Waals surface area contributed by atoms with Gasteiger partial charge in [-0.25, -0.2) is 4.79 Å². The molecule has 0 radical (unpaired) electrons. The smallest absolute Gasteiger partial charge is 0.330 e. The van der Waals surface area contributed by atoms with Crippen molar-refractivity contribution in [2.45, 2.75) is 31.2 Å². The summed E-state index contributed by atoms with van der Waals surface area (Å²) in [5.41, 5.74) is 4.08. The van der Waals surface area contributed by atoms with Crippen LogP contribution >= 0.6 is 0 Å². The molecule has 210 valence electrons. The lowest BCUT2D eigenvalue weighted by Gasteiger charge is -2.19. The van der Waals surface area contributed by atoms with E-state index in [0.717, 1.165) is 46.4 Å². The number of para-hydroxylation sites is 3. The van der Waals surface area contributed by atoms with Crippen LogP contribution in [0.25, 0.3) is 0 Å². The molecule has 1 N–H and O–H groups in total. The number of aliphatic hydroxyl groups excluding tert-OH is 1. The van der Waals surface area contributed by atoms with Crippen molar-refractivity contribution in [3.63, 3.8) is 0 Å². The number of carbonyl (C=O) groups excluding carboxylic acids is 1. The lowest BCUT2D eigenvalue weighted by Crippen LogP contribution is -2.25. The topological polar surface area (TPSA) is 99.3 Å². The molecule has 0 saturated carbocycles. The van der Waals surface area contributed by atoms with Crippen LogP contribution in [-0.2, 0) is 31.8 Å². The molecule has 2 heterocycles. The molecule has 3 aromatic carbocycles. The second-order valence-electron chi connectivity index (χ2n) is 9.81. The number of esters is 1. The molecule has 2 fully saturated rings. The minimum Gasteiger partial charge on any atom is -0.490 e. The predicted octanol–water partition coefficient (Wildman–Crippen LogP) is 3.89. The van der Waals surface area contributed by atoms with E-state index in [1.165, 1.54) is 0 Å². The molecule has 3 unspecified atom stereocenters. The number of epoxide rings is 2. The van der Waals surface area contributed by atoms with E-state index >= 15 is 0 Å². The molecule has 0 aromatic heterocycles. The Labute approximate surface area is 234 Å². The second kappa shape index (κ2) is 13.5. The highest BCUT2D eigenvalue weighted by Crippen LogP contribution is 2.33. The third-order valence-corrected chi connectivity index (χ3v) is 6.54. The summed E-state index contributed by atoms with van der Waals surface area (Å²) in [6, 6.07) is 21.9. The van der Waals surface area contributed by atoms with E-state index in [1.54, 1.807) is 0 Å². The van der Waals surface area contributed by atoms with E-state index in [0.29, 0.717) is 38.4 Å². The normalized spacial score (nSPS) is 17.9. The van der Waals surface area contributed by atoms with Crippen molar-refractivity contribution in [2.24, 2.45) is 0 Å². The van der Waals surface area contributed by atoms with E-state index < -0.39 is 12.1 Å². The van der Waals surface area contributed by atoms with Gasteiger partial charge in [-0.1, -0.05) is 61.2 Å². The molecule has 3 atom stereocenters. The van der Waals surface area contributed by atoms with Crippen molar-refractivity contribution < 1.29 is 38.3 Å². The summed E-state index contributed by atoms with van der Waals surface area (Å²) in [6.07, 6.45) is 1.59. The van der Waals surface area contributed by atoms with Crippen LogP contribution in [0.3, 0.4) is 0 Å². The fraction of sp³-hybridized carbons (Fsp3) is 0.344. The highest BCUT2D eigenvalue weighted by atomic mass is 16.6. The summed E-state index contributed by atoms with van der Waals surface area (Å²) in [4.78, 5) is 11.3. The van der Waals surface area contributed by atoms with Gasteiger partial charge in [0, 0.05) is 18.9 Å². The Balaban J connectivity index is 1.33. The molecule has 2 saturated heterocycles. The maximum atomic E-state index is 11.3. The van der Waals surface area contributed by atoms with E-state index in [-0.39, 0.29) is 25.4 Å². The number of ether oxygens (including phenoxy) is 6. The third kappa shape index (κ3) is 8.08. The Bertz CT molecular complexity index is 1300. The largest absolute Gasteiger partial charge is 0.490 e. The molecule has 0 amide bonds. The van der Waals surface area contributed by atoms with Gasteiger partial charge in [0.25, 0.3) is 0 Å². The Hall–Kier alpha value is -3.85. The summed E-state index contributed by atoms with van der Waals surface area (Å²) in [5, 5.41) is 10.2. The van der Waals surface area contributed by atoms with Crippen LogP contribution in [0.2, 0.25) is 0 Å². The van der Waals surface area contributed by atoms with Gasteiger partial charge in [0.05, 0.1) is 13.2 Å². The molecular formula is C32H34O8. The van der Waals surface area contributed by atoms with Crippen molar-refractivity contribution >= 4 is 5.97 Å². The minimum atomic E-state index is -0.966. The first-order valence-electron chi connectivity index (χ1n) is 13.4. The monoisotopic (exact) mass is 546 g/mol. The first kappa shape index (κ1) is 27.7. The second-order valence-corrected chi connectivity index (χ2v) is 9.81. The molecule has 0 spiro atoms. The van der Waals surface area contributed by atoms with Gasteiger partial charge in [0.1, 0.15) is 62.0 Å². The van der Waals surface area contributed by atoms with Crippen LogP contribution in [0.15, 0.2) is 79.4 Å². The summed E-state index contributed by atoms with van der Waals surface area (Å²) in [6.45, 7) is 5.64. The Kier molecular flexibility index (Phi) is 9.34. The quantitative estimate of drug-likeness (QED) is 0.164. The van der Waals surface area contributed by atoms with Crippen molar-refractivity contribution in [2.75, 3.05) is 39.6 Å². The highest BCUT2D eigenvalue weighted by molar-refractivity contribution is 5.81. The Morgan fingerprint density at radius 3 is 1.90 bits per heavy atom. The first-order chi connectivity index (χ1) is 19.6. The number of hydrogen-bond acceptors (Lipinski definition) is 8. The van der Waals surface area contributed by atoms with Gasteiger partial charge in [-0.3, -0.25) is 0 Å². The highest BCUT2D eigenvalue weighted by Gasteiger charge is 2.25. The van der Waals surface area contributed by atoms with Gasteiger partial charge in [-0.05, 0) is 34.4 Å². The number of carbonyl (C=O) groups is 1. The van der Waals surface area contributed by atoms with Crippen LogP contribution in [-0.4, -0.2) is 69.0 Å². The van der Waals surface area contributed by atoms with Crippen LogP contribution in [0, 0.1) is 0 Å². The predicted molar refractivity (Wildman–Crippen MR) is 148 cm³/mol. The van der Waals surface area contributed by atoms with Crippen molar-refractivity contribution in [3.05, 3.63) is 102 Å². The molecule has 8 heteroatoms. The molecule has 8 nitrogen and oxygen atoms in total. The van der Waals surface area contributed by atoms with Crippen molar-refractivity contribution in [1.82, 2.24) is 0 Å². The molecule has 5 rings (SSSR count). The van der Waals surface area contributed by atoms with E-state index in [9.17, 15) is 9.90 Å². The summed E-state index contributed by atoms with van der Waals surface area (Å²) >= 11 is 0. The van der Waals surface area contributed by atoms with Gasteiger partial charge in [-0.15, -0.1) is 0 Å². The average Bonchev–Trinajstić information content (AvgIpc) is 3.90. The summed E-state index contributed by atoms with van der Waals surface area (Å²) in [7, 11) is 0. The Morgan fingerprint density at radius 1 is 0.800 bits per heavy atom. The standard InChI is InChI=1S/C32H34O8/c1-2-31(34)39-17-26(33)16-37-29-12-5-3-8-22(29)14-24-10-7-11-25(32(24)40-21-28-19-36-28)15-23-9-4-6-13-30(23)38-20-27-18-35-27/h2-13,26-28,33H,1,14-21H2. The van der Waals surface area contributed by atoms with E-state index in [4.69, 9.17) is 28.4 Å². The molecule has 2 aliphatic heterocycles. The SMILES string of the molecule is C=CC(=O)OCC(O)COc1ccccc1Cc1cccc(Cc2ccccc2OCC2CO2)c1OCC1CO1. The summed E-state index contributed by atoms with van der Waals surface area (Å²) in [5.74, 6) is 1.72. The number of hydrogen-bond donors (Lipinski definition) is 1. The fourth-order valence-corrected chi connectivity index (χ4v) is 4.25. The first-order valence-corrected chi connectivity index (χ1v) is 13.4. The van der Waals surface area contributed by atoms with E-state index in [1.807, 2.05) is 48.5 Å². The molecule has 0 aliphatic carbocycles. The van der Waals surface area contributed by atoms with Gasteiger partial charge in [0.2, 0.25) is 0 Å². The number of aliphatic hydroxyl groups is 1. The van der Waals surface area contributed by atoms with Gasteiger partial charge in [0.15, 0.2) is 0 Å². The van der Waals surface area contributed by atoms with Crippen LogP contribution < -0.4 is 14.2 Å². The molecule has 3 aromatic rings. The van der Waals surface area contributed by atoms with Gasteiger partial charge in [-0.2, -0.15) is 0 Å². The number of benzene rings is 3. The zero-order valence-electron chi connectivity index (χ0n) is 22.3. The molecule has 40 heavy (non-hydrogen) atoms. The summed E-state index contributed by atoms with van der Waals surface area (Å²) < 4.78 is 34.0. The van der Waals surface area contributed by atoms with E-state index in [2.05, 4.69) is 24.8 Å². The van der Waals surface area contributed by atoms with Crippen LogP contribution in [0.5, 0.6) is 17.2 Å². The molecule has 0 bridgehead atoms. The van der Waals surface area contributed by atoms with Crippen molar-refractivity contribution in [3.8, 4) is 17.2 Å². The van der Waals surface area contributed by atoms with Crippen LogP contribution in [0.4, 0.5) is 0 Å². The fourth-order valence-electron chi connectivity index (χ4n) is 4.25. The van der Waals surface area contributed by atoms with Crippen LogP contribution in [0.1, 0.15) is 22.3 Å². The van der Waals surface area contributed by atoms with Gasteiger partial charge >= 0.3 is 5.97 Å². The maximum absolute atomic E-state index is 11.3. The third-order valence-electron chi connectivity index (χ3n) is 6.54. The molecular weight excluding hydrogens is 512 g/mol. The average molecular weight is 547 g/mol.